The van der Waals surface area contributed by atoms with Crippen molar-refractivity contribution in [1.29, 1.82) is 0 Å². The van der Waals surface area contributed by atoms with Crippen molar-refractivity contribution in [1.82, 2.24) is 5.32 Å². The molecule has 1 saturated carbocycles. The van der Waals surface area contributed by atoms with Crippen molar-refractivity contribution in [2.45, 2.75) is 47.0 Å². The molecule has 1 unspecified atom stereocenters. The average molecular weight is 226 g/mol. The molecular weight excluding hydrogens is 200 g/mol. The first-order chi connectivity index (χ1) is 7.41. The summed E-state index contributed by atoms with van der Waals surface area (Å²) in [5.41, 5.74) is 5.82. The molecule has 0 aromatic carbocycles. The van der Waals surface area contributed by atoms with Crippen LogP contribution in [0.2, 0.25) is 0 Å². The molecule has 0 heterocycles. The van der Waals surface area contributed by atoms with Crippen molar-refractivity contribution in [3.63, 3.8) is 0 Å². The summed E-state index contributed by atoms with van der Waals surface area (Å²) < 4.78 is 0. The van der Waals surface area contributed by atoms with Gasteiger partial charge in [-0.25, -0.2) is 0 Å². The summed E-state index contributed by atoms with van der Waals surface area (Å²) in [5, 5.41) is 3.07. The van der Waals surface area contributed by atoms with Gasteiger partial charge in [0.15, 0.2) is 0 Å². The minimum atomic E-state index is -0.348. The zero-order chi connectivity index (χ0) is 12.4. The summed E-state index contributed by atoms with van der Waals surface area (Å²) in [7, 11) is 0. The number of nitrogens with one attached hydrogen (secondary N) is 1. The molecule has 1 amide bonds. The highest BCUT2D eigenvalue weighted by Crippen LogP contribution is 2.51. The van der Waals surface area contributed by atoms with Crippen LogP contribution >= 0.6 is 0 Å². The lowest BCUT2D eigenvalue weighted by Gasteiger charge is -2.28. The lowest BCUT2D eigenvalue weighted by Crippen LogP contribution is -2.46. The van der Waals surface area contributed by atoms with Crippen molar-refractivity contribution >= 4 is 5.91 Å². The molecule has 0 saturated heterocycles. The minimum absolute atomic E-state index is 0.141. The molecule has 3 nitrogen and oxygen atoms in total. The number of hydrogen-bond donors (Lipinski definition) is 2. The fourth-order valence-electron chi connectivity index (χ4n) is 2.28. The molecule has 3 N–H and O–H groups in total. The Bertz CT molecular complexity index is 248. The van der Waals surface area contributed by atoms with Crippen LogP contribution in [0.15, 0.2) is 0 Å². The third-order valence-corrected chi connectivity index (χ3v) is 4.45. The van der Waals surface area contributed by atoms with Crippen LogP contribution in [0.5, 0.6) is 0 Å². The molecule has 0 aromatic heterocycles. The number of rotatable bonds is 6. The summed E-state index contributed by atoms with van der Waals surface area (Å²) in [6, 6.07) is 0. The number of amides is 1. The molecule has 0 aromatic rings. The van der Waals surface area contributed by atoms with Crippen molar-refractivity contribution in [3.05, 3.63) is 0 Å². The average Bonchev–Trinajstić information content (AvgIpc) is 2.87. The summed E-state index contributed by atoms with van der Waals surface area (Å²) in [4.78, 5) is 12.1. The zero-order valence-corrected chi connectivity index (χ0v) is 11.1. The smallest absolute Gasteiger partial charge is 0.227 e. The molecule has 16 heavy (non-hydrogen) atoms. The van der Waals surface area contributed by atoms with Gasteiger partial charge >= 0.3 is 0 Å². The Morgan fingerprint density at radius 3 is 2.25 bits per heavy atom. The normalized spacial score (nSPS) is 22.9. The molecule has 0 spiro atoms. The summed E-state index contributed by atoms with van der Waals surface area (Å²) in [6.07, 6.45) is 2.86. The van der Waals surface area contributed by atoms with Gasteiger partial charge in [0.05, 0.1) is 5.41 Å². The van der Waals surface area contributed by atoms with E-state index in [0.29, 0.717) is 17.9 Å². The summed E-state index contributed by atoms with van der Waals surface area (Å²) in [5.74, 6) is 0.795. The van der Waals surface area contributed by atoms with Gasteiger partial charge in [0.25, 0.3) is 0 Å². The Labute approximate surface area is 99.2 Å². The molecular formula is C13H26N2O. The van der Waals surface area contributed by atoms with Gasteiger partial charge in [-0.2, -0.15) is 0 Å². The van der Waals surface area contributed by atoms with Crippen LogP contribution < -0.4 is 11.1 Å². The standard InChI is InChI=1S/C13H26N2O/c1-5-13(6-2,9-14)11(16)15-8-10-7-12(10,3)4/h10H,5-9,14H2,1-4H3,(H,15,16). The molecule has 1 atom stereocenters. The van der Waals surface area contributed by atoms with E-state index in [9.17, 15) is 4.79 Å². The van der Waals surface area contributed by atoms with E-state index in [0.717, 1.165) is 19.4 Å². The Balaban J connectivity index is 2.44. The van der Waals surface area contributed by atoms with Crippen molar-refractivity contribution < 1.29 is 4.79 Å². The maximum Gasteiger partial charge on any atom is 0.227 e. The van der Waals surface area contributed by atoms with Crippen LogP contribution in [-0.4, -0.2) is 19.0 Å². The highest BCUT2D eigenvalue weighted by molar-refractivity contribution is 5.82. The van der Waals surface area contributed by atoms with Gasteiger partial charge in [-0.3, -0.25) is 4.79 Å². The number of carbonyl (C=O) groups excluding carboxylic acids is 1. The van der Waals surface area contributed by atoms with E-state index in [1.54, 1.807) is 0 Å². The van der Waals surface area contributed by atoms with Gasteiger partial charge in [-0.15, -0.1) is 0 Å². The highest BCUT2D eigenvalue weighted by Gasteiger charge is 2.46. The maximum atomic E-state index is 12.1. The SMILES string of the molecule is CCC(CC)(CN)C(=O)NCC1CC1(C)C. The third-order valence-electron chi connectivity index (χ3n) is 4.45. The van der Waals surface area contributed by atoms with Gasteiger partial charge < -0.3 is 11.1 Å². The van der Waals surface area contributed by atoms with E-state index in [1.165, 1.54) is 6.42 Å². The molecule has 1 fully saturated rings. The fourth-order valence-corrected chi connectivity index (χ4v) is 2.28. The number of nitrogens with two attached hydrogens (primary N) is 1. The first-order valence-electron chi connectivity index (χ1n) is 6.40. The van der Waals surface area contributed by atoms with Gasteiger partial charge in [-0.05, 0) is 30.6 Å². The second-order valence-electron chi connectivity index (χ2n) is 5.79. The zero-order valence-electron chi connectivity index (χ0n) is 11.1. The summed E-state index contributed by atoms with van der Waals surface area (Å²) >= 11 is 0. The van der Waals surface area contributed by atoms with E-state index >= 15 is 0 Å². The second-order valence-corrected chi connectivity index (χ2v) is 5.79. The monoisotopic (exact) mass is 226 g/mol. The summed E-state index contributed by atoms with van der Waals surface area (Å²) in [6.45, 7) is 9.83. The van der Waals surface area contributed by atoms with Crippen LogP contribution in [0.1, 0.15) is 47.0 Å². The predicted octanol–water partition coefficient (Wildman–Crippen LogP) is 1.91. The molecule has 94 valence electrons. The van der Waals surface area contributed by atoms with Gasteiger partial charge in [-0.1, -0.05) is 27.7 Å². The van der Waals surface area contributed by atoms with E-state index < -0.39 is 0 Å². The Kier molecular flexibility index (Phi) is 4.00. The van der Waals surface area contributed by atoms with Gasteiger partial charge in [0.2, 0.25) is 5.91 Å². The van der Waals surface area contributed by atoms with E-state index in [2.05, 4.69) is 19.2 Å². The van der Waals surface area contributed by atoms with Crippen LogP contribution in [-0.2, 0) is 4.79 Å². The van der Waals surface area contributed by atoms with Crippen LogP contribution in [0, 0.1) is 16.7 Å². The largest absolute Gasteiger partial charge is 0.355 e. The molecule has 1 aliphatic carbocycles. The Morgan fingerprint density at radius 2 is 1.94 bits per heavy atom. The van der Waals surface area contributed by atoms with Crippen LogP contribution in [0.4, 0.5) is 0 Å². The van der Waals surface area contributed by atoms with E-state index in [4.69, 9.17) is 5.73 Å². The molecule has 1 aliphatic rings. The molecule has 1 rings (SSSR count). The van der Waals surface area contributed by atoms with Crippen molar-refractivity contribution in [2.24, 2.45) is 22.5 Å². The molecule has 0 radical (unpaired) electrons. The molecule has 3 heteroatoms. The van der Waals surface area contributed by atoms with Gasteiger partial charge in [0.1, 0.15) is 0 Å². The predicted molar refractivity (Wildman–Crippen MR) is 67.0 cm³/mol. The number of hydrogen-bond acceptors (Lipinski definition) is 2. The lowest BCUT2D eigenvalue weighted by atomic mass is 9.81. The first kappa shape index (κ1) is 13.5. The van der Waals surface area contributed by atoms with Crippen LogP contribution in [0.3, 0.4) is 0 Å². The Hall–Kier alpha value is -0.570. The number of carbonyl (C=O) groups is 1. The van der Waals surface area contributed by atoms with Crippen molar-refractivity contribution in [3.8, 4) is 0 Å². The highest BCUT2D eigenvalue weighted by atomic mass is 16.2. The third kappa shape index (κ3) is 2.57. The van der Waals surface area contributed by atoms with Crippen LogP contribution in [0.25, 0.3) is 0 Å². The van der Waals surface area contributed by atoms with E-state index in [-0.39, 0.29) is 11.3 Å². The fraction of sp³-hybridized carbons (Fsp3) is 0.923. The van der Waals surface area contributed by atoms with Crippen molar-refractivity contribution in [2.75, 3.05) is 13.1 Å². The minimum Gasteiger partial charge on any atom is -0.355 e. The maximum absolute atomic E-state index is 12.1. The lowest BCUT2D eigenvalue weighted by molar-refractivity contribution is -0.131. The quantitative estimate of drug-likeness (QED) is 0.727. The molecule has 0 bridgehead atoms. The van der Waals surface area contributed by atoms with Gasteiger partial charge in [0, 0.05) is 13.1 Å². The Morgan fingerprint density at radius 1 is 1.44 bits per heavy atom. The first-order valence-corrected chi connectivity index (χ1v) is 6.40. The second kappa shape index (κ2) is 4.74. The molecule has 0 aliphatic heterocycles. The topological polar surface area (TPSA) is 55.1 Å². The van der Waals surface area contributed by atoms with E-state index in [1.807, 2.05) is 13.8 Å².